The summed E-state index contributed by atoms with van der Waals surface area (Å²) in [6.07, 6.45) is 6.75. The summed E-state index contributed by atoms with van der Waals surface area (Å²) in [5.41, 5.74) is 0. The minimum atomic E-state index is -1.04. The van der Waals surface area contributed by atoms with Gasteiger partial charge in [-0.25, -0.2) is 0 Å². The summed E-state index contributed by atoms with van der Waals surface area (Å²) in [6, 6.07) is 0.223. The van der Waals surface area contributed by atoms with Gasteiger partial charge >= 0.3 is 0 Å². The Morgan fingerprint density at radius 3 is 2.38 bits per heavy atom. The molecule has 2 unspecified atom stereocenters. The smallest absolute Gasteiger partial charge is 0.168 e. The van der Waals surface area contributed by atoms with Crippen molar-refractivity contribution in [1.29, 1.82) is 0 Å². The van der Waals surface area contributed by atoms with E-state index < -0.39 is 11.4 Å². The van der Waals surface area contributed by atoms with Crippen molar-refractivity contribution in [2.24, 2.45) is 5.92 Å². The second-order valence-corrected chi connectivity index (χ2v) is 9.07. The number of rotatable bonds is 5. The molecule has 4 nitrogen and oxygen atoms in total. The highest BCUT2D eigenvalue weighted by Gasteiger charge is 2.43. The lowest BCUT2D eigenvalue weighted by atomic mass is 9.80. The van der Waals surface area contributed by atoms with E-state index in [4.69, 9.17) is 9.47 Å². The third-order valence-corrected chi connectivity index (χ3v) is 6.04. The van der Waals surface area contributed by atoms with Gasteiger partial charge in [-0.15, -0.1) is 11.3 Å². The Kier molecular flexibility index (Phi) is 5.77. The Hall–Kier alpha value is -0.0700. The van der Waals surface area contributed by atoms with Crippen molar-refractivity contribution in [2.75, 3.05) is 13.2 Å². The van der Waals surface area contributed by atoms with Crippen molar-refractivity contribution in [3.8, 4) is 0 Å². The number of hydrogen-bond donors (Lipinski definition) is 1. The average molecular weight is 315 g/mol. The molecule has 0 aromatic carbocycles. The molecule has 0 bridgehead atoms. The fourth-order valence-corrected chi connectivity index (χ4v) is 4.02. The van der Waals surface area contributed by atoms with Crippen LogP contribution in [0.2, 0.25) is 0 Å². The maximum Gasteiger partial charge on any atom is 0.168 e. The van der Waals surface area contributed by atoms with Crippen molar-refractivity contribution < 1.29 is 14.0 Å². The predicted octanol–water partition coefficient (Wildman–Crippen LogP) is 2.92. The van der Waals surface area contributed by atoms with E-state index in [1.165, 1.54) is 0 Å². The fraction of sp³-hybridized carbons (Fsp3) is 0.875. The van der Waals surface area contributed by atoms with E-state index in [9.17, 15) is 4.55 Å². The Labute approximate surface area is 132 Å². The molecule has 1 aliphatic heterocycles. The van der Waals surface area contributed by atoms with Crippen LogP contribution in [-0.2, 0) is 20.8 Å². The summed E-state index contributed by atoms with van der Waals surface area (Å²) >= 11 is -1.04. The van der Waals surface area contributed by atoms with Crippen molar-refractivity contribution in [3.63, 3.8) is 0 Å². The Balaban J connectivity index is 1.91. The average Bonchev–Trinajstić information content (AvgIpc) is 2.86. The lowest BCUT2D eigenvalue weighted by molar-refractivity contribution is -0.183. The van der Waals surface area contributed by atoms with Gasteiger partial charge < -0.3 is 14.0 Å². The molecule has 21 heavy (non-hydrogen) atoms. The zero-order chi connectivity index (χ0) is 15.5. The zero-order valence-electron chi connectivity index (χ0n) is 13.5. The molecular formula is C16H29NO3S. The minimum Gasteiger partial charge on any atom is -0.598 e. The molecule has 0 aromatic rings. The van der Waals surface area contributed by atoms with Crippen molar-refractivity contribution >= 4 is 11.4 Å². The molecule has 1 aliphatic carbocycles. The second-order valence-electron chi connectivity index (χ2n) is 7.07. The van der Waals surface area contributed by atoms with Gasteiger partial charge in [0, 0.05) is 24.2 Å². The van der Waals surface area contributed by atoms with Crippen LogP contribution in [0.3, 0.4) is 0 Å². The number of nitrogens with one attached hydrogen (secondary N) is 1. The first-order valence-corrected chi connectivity index (χ1v) is 9.08. The molecule has 2 aliphatic rings. The van der Waals surface area contributed by atoms with Gasteiger partial charge in [0.1, 0.15) is 4.75 Å². The van der Waals surface area contributed by atoms with Crippen molar-refractivity contribution in [1.82, 2.24) is 4.72 Å². The summed E-state index contributed by atoms with van der Waals surface area (Å²) in [5.74, 6) is 0.186. The molecule has 2 atom stereocenters. The van der Waals surface area contributed by atoms with E-state index in [0.717, 1.165) is 32.1 Å². The van der Waals surface area contributed by atoms with Crippen molar-refractivity contribution in [2.45, 2.75) is 69.5 Å². The van der Waals surface area contributed by atoms with Crippen LogP contribution in [0.1, 0.15) is 52.9 Å². The predicted molar refractivity (Wildman–Crippen MR) is 86.2 cm³/mol. The quantitative estimate of drug-likeness (QED) is 0.626. The monoisotopic (exact) mass is 315 g/mol. The molecule has 0 radical (unpaired) electrons. The summed E-state index contributed by atoms with van der Waals surface area (Å²) in [7, 11) is 0. The second kappa shape index (κ2) is 7.01. The topological polar surface area (TPSA) is 53.5 Å². The van der Waals surface area contributed by atoms with Gasteiger partial charge in [-0.2, -0.15) is 0 Å². The van der Waals surface area contributed by atoms with Gasteiger partial charge in [0.05, 0.1) is 19.3 Å². The molecule has 1 heterocycles. The minimum absolute atomic E-state index is 0.223. The molecular weight excluding hydrogens is 286 g/mol. The standard InChI is InChI=1S/C16H29NO3S/c1-5-6-14(17-21(18)15(2,3)4)13-7-9-16(10-8-13)19-11-12-20-16/h5,13-14,17H,1,6-12H2,2-4H3. The van der Waals surface area contributed by atoms with Gasteiger partial charge in [0.15, 0.2) is 5.79 Å². The summed E-state index contributed by atoms with van der Waals surface area (Å²) in [5, 5.41) is 0. The van der Waals surface area contributed by atoms with E-state index in [1.807, 2.05) is 26.8 Å². The van der Waals surface area contributed by atoms with Gasteiger partial charge in [0.2, 0.25) is 0 Å². The molecule has 1 saturated carbocycles. The Bertz CT molecular complexity index is 340. The molecule has 2 fully saturated rings. The normalized spacial score (nSPS) is 25.9. The first-order valence-electron chi connectivity index (χ1n) is 7.93. The summed E-state index contributed by atoms with van der Waals surface area (Å²) in [4.78, 5) is 0. The Morgan fingerprint density at radius 2 is 1.90 bits per heavy atom. The fourth-order valence-electron chi connectivity index (χ4n) is 3.10. The highest BCUT2D eigenvalue weighted by molar-refractivity contribution is 7.90. The third kappa shape index (κ3) is 4.45. The summed E-state index contributed by atoms with van der Waals surface area (Å²) in [6.45, 7) is 11.3. The number of hydrogen-bond acceptors (Lipinski definition) is 4. The molecule has 2 rings (SSSR count). The maximum atomic E-state index is 12.4. The van der Waals surface area contributed by atoms with E-state index >= 15 is 0 Å². The number of ether oxygens (including phenoxy) is 2. The van der Waals surface area contributed by atoms with E-state index in [0.29, 0.717) is 19.1 Å². The van der Waals surface area contributed by atoms with E-state index in [2.05, 4.69) is 11.3 Å². The molecule has 1 spiro atoms. The van der Waals surface area contributed by atoms with Crippen LogP contribution in [-0.4, -0.2) is 34.3 Å². The highest BCUT2D eigenvalue weighted by Crippen LogP contribution is 2.40. The van der Waals surface area contributed by atoms with E-state index in [1.54, 1.807) is 0 Å². The van der Waals surface area contributed by atoms with Gasteiger partial charge in [-0.3, -0.25) is 0 Å². The highest BCUT2D eigenvalue weighted by atomic mass is 32.2. The molecule has 1 N–H and O–H groups in total. The summed E-state index contributed by atoms with van der Waals surface area (Å²) < 4.78 is 27.0. The van der Waals surface area contributed by atoms with Crippen molar-refractivity contribution in [3.05, 3.63) is 12.7 Å². The lowest BCUT2D eigenvalue weighted by Crippen LogP contribution is -2.49. The van der Waals surface area contributed by atoms with Crippen LogP contribution < -0.4 is 4.72 Å². The van der Waals surface area contributed by atoms with Gasteiger partial charge in [-0.1, -0.05) is 6.08 Å². The SMILES string of the molecule is C=CCC(N[S+]([O-])C(C)(C)C)C1CCC2(CC1)OCCO2. The molecule has 0 aromatic heterocycles. The molecule has 122 valence electrons. The first kappa shape index (κ1) is 17.3. The molecule has 0 amide bonds. The van der Waals surface area contributed by atoms with E-state index in [-0.39, 0.29) is 16.6 Å². The Morgan fingerprint density at radius 1 is 1.33 bits per heavy atom. The third-order valence-electron chi connectivity index (χ3n) is 4.41. The molecule has 5 heteroatoms. The van der Waals surface area contributed by atoms with Crippen LogP contribution in [0.15, 0.2) is 12.7 Å². The largest absolute Gasteiger partial charge is 0.598 e. The van der Waals surface area contributed by atoms with Crippen LogP contribution in [0.25, 0.3) is 0 Å². The zero-order valence-corrected chi connectivity index (χ0v) is 14.3. The lowest BCUT2D eigenvalue weighted by Gasteiger charge is -2.39. The first-order chi connectivity index (χ1) is 9.86. The molecule has 1 saturated heterocycles. The van der Waals surface area contributed by atoms with Crippen LogP contribution in [0, 0.1) is 5.92 Å². The van der Waals surface area contributed by atoms with Crippen LogP contribution in [0.4, 0.5) is 0 Å². The van der Waals surface area contributed by atoms with Gasteiger partial charge in [-0.05, 0) is 46.0 Å². The van der Waals surface area contributed by atoms with Crippen LogP contribution in [0.5, 0.6) is 0 Å². The van der Waals surface area contributed by atoms with Gasteiger partial charge in [0.25, 0.3) is 0 Å². The maximum absolute atomic E-state index is 12.4. The van der Waals surface area contributed by atoms with Crippen LogP contribution >= 0.6 is 0 Å².